The number of likely N-dealkylation sites (tertiary alicyclic amines) is 1. The van der Waals surface area contributed by atoms with Crippen LogP contribution in [0, 0.1) is 28.6 Å². The van der Waals surface area contributed by atoms with Gasteiger partial charge in [0.25, 0.3) is 0 Å². The molecule has 110 valence electrons. The number of carbonyl (C=O) groups is 1. The molecule has 2 N–H and O–H groups in total. The van der Waals surface area contributed by atoms with E-state index in [4.69, 9.17) is 16.3 Å². The molecule has 0 bridgehead atoms. The largest absolute Gasteiger partial charge is 0.340 e. The molecule has 2 atom stereocenters. The summed E-state index contributed by atoms with van der Waals surface area (Å²) < 4.78 is 0. The molecule has 1 aliphatic rings. The normalized spacial score (nSPS) is 22.8. The van der Waals surface area contributed by atoms with Crippen LogP contribution in [-0.4, -0.2) is 54.5 Å². The zero-order valence-electron chi connectivity index (χ0n) is 12.1. The van der Waals surface area contributed by atoms with E-state index < -0.39 is 0 Å². The number of nitriles is 2. The summed E-state index contributed by atoms with van der Waals surface area (Å²) >= 11 is 0. The van der Waals surface area contributed by atoms with Crippen molar-refractivity contribution in [3.8, 4) is 12.1 Å². The second-order valence-corrected chi connectivity index (χ2v) is 5.36. The van der Waals surface area contributed by atoms with Gasteiger partial charge in [-0.15, -0.1) is 0 Å². The molecule has 6 nitrogen and oxygen atoms in total. The number of hydrogen-bond donors (Lipinski definition) is 1. The third-order valence-electron chi connectivity index (χ3n) is 3.75. The molecule has 0 aromatic carbocycles. The van der Waals surface area contributed by atoms with Crippen LogP contribution in [-0.2, 0) is 4.79 Å². The summed E-state index contributed by atoms with van der Waals surface area (Å²) in [6.07, 6.45) is 1.52. The van der Waals surface area contributed by atoms with Crippen molar-refractivity contribution < 1.29 is 4.79 Å². The lowest BCUT2D eigenvalue weighted by Gasteiger charge is -2.35. The van der Waals surface area contributed by atoms with Gasteiger partial charge in [-0.25, -0.2) is 0 Å². The minimum absolute atomic E-state index is 0.00169. The van der Waals surface area contributed by atoms with E-state index in [2.05, 4.69) is 11.8 Å². The second kappa shape index (κ2) is 8.52. The molecule has 1 fully saturated rings. The van der Waals surface area contributed by atoms with Crippen LogP contribution in [0.3, 0.4) is 0 Å². The molecule has 0 aliphatic carbocycles. The molecule has 6 heteroatoms. The summed E-state index contributed by atoms with van der Waals surface area (Å²) in [5.74, 6) is 0.390. The minimum Gasteiger partial charge on any atom is -0.340 e. The highest BCUT2D eigenvalue weighted by Crippen LogP contribution is 2.14. The van der Waals surface area contributed by atoms with Gasteiger partial charge in [0.15, 0.2) is 0 Å². The van der Waals surface area contributed by atoms with Crippen molar-refractivity contribution in [3.05, 3.63) is 0 Å². The third-order valence-corrected chi connectivity index (χ3v) is 3.75. The predicted octanol–water partition coefficient (Wildman–Crippen LogP) is 0.311. The van der Waals surface area contributed by atoms with Crippen LogP contribution >= 0.6 is 0 Å². The molecular weight excluding hydrogens is 254 g/mol. The number of rotatable bonds is 6. The molecule has 0 aromatic heterocycles. The Balaban J connectivity index is 2.48. The molecule has 1 saturated heterocycles. The fourth-order valence-electron chi connectivity index (χ4n) is 2.42. The Labute approximate surface area is 120 Å². The van der Waals surface area contributed by atoms with E-state index in [0.29, 0.717) is 38.4 Å². The van der Waals surface area contributed by atoms with Crippen molar-refractivity contribution in [1.29, 1.82) is 10.5 Å². The number of piperidine rings is 1. The first-order valence-corrected chi connectivity index (χ1v) is 7.08. The predicted molar refractivity (Wildman–Crippen MR) is 75.2 cm³/mol. The molecule has 1 rings (SSSR count). The monoisotopic (exact) mass is 277 g/mol. The SMILES string of the molecule is CC1CN(CC(=O)N(CCC#N)CCC#N)CCC1N. The van der Waals surface area contributed by atoms with E-state index in [-0.39, 0.29) is 11.9 Å². The summed E-state index contributed by atoms with van der Waals surface area (Å²) in [7, 11) is 0. The maximum Gasteiger partial charge on any atom is 0.236 e. The molecule has 1 heterocycles. The van der Waals surface area contributed by atoms with Gasteiger partial charge in [-0.2, -0.15) is 10.5 Å². The highest BCUT2D eigenvalue weighted by molar-refractivity contribution is 5.78. The van der Waals surface area contributed by atoms with Crippen LogP contribution in [0.5, 0.6) is 0 Å². The van der Waals surface area contributed by atoms with Crippen molar-refractivity contribution in [2.24, 2.45) is 11.7 Å². The first-order valence-electron chi connectivity index (χ1n) is 7.08. The Kier molecular flexibility index (Phi) is 7.00. The Bertz CT molecular complexity index is 379. The summed E-state index contributed by atoms with van der Waals surface area (Å²) in [6.45, 7) is 4.93. The van der Waals surface area contributed by atoms with Gasteiger partial charge in [0, 0.05) is 32.2 Å². The van der Waals surface area contributed by atoms with E-state index in [1.165, 1.54) is 0 Å². The van der Waals surface area contributed by atoms with E-state index in [9.17, 15) is 4.79 Å². The number of nitrogens with zero attached hydrogens (tertiary/aromatic N) is 4. The quantitative estimate of drug-likeness (QED) is 0.753. The Morgan fingerprint density at radius 3 is 2.45 bits per heavy atom. The second-order valence-electron chi connectivity index (χ2n) is 5.36. The van der Waals surface area contributed by atoms with Crippen LogP contribution in [0.4, 0.5) is 0 Å². The van der Waals surface area contributed by atoms with Crippen LogP contribution < -0.4 is 5.73 Å². The zero-order chi connectivity index (χ0) is 15.0. The smallest absolute Gasteiger partial charge is 0.236 e. The highest BCUT2D eigenvalue weighted by Gasteiger charge is 2.25. The van der Waals surface area contributed by atoms with Gasteiger partial charge in [0.2, 0.25) is 5.91 Å². The average Bonchev–Trinajstić information content (AvgIpc) is 2.43. The van der Waals surface area contributed by atoms with Crippen molar-refractivity contribution in [2.75, 3.05) is 32.7 Å². The third kappa shape index (κ3) is 5.16. The van der Waals surface area contributed by atoms with Gasteiger partial charge >= 0.3 is 0 Å². The Morgan fingerprint density at radius 1 is 1.35 bits per heavy atom. The molecule has 1 aliphatic heterocycles. The van der Waals surface area contributed by atoms with Gasteiger partial charge in [0.05, 0.1) is 31.5 Å². The summed E-state index contributed by atoms with van der Waals surface area (Å²) in [6, 6.07) is 4.30. The van der Waals surface area contributed by atoms with E-state index >= 15 is 0 Å². The molecule has 0 aromatic rings. The van der Waals surface area contributed by atoms with Crippen LogP contribution in [0.2, 0.25) is 0 Å². The van der Waals surface area contributed by atoms with E-state index in [1.807, 2.05) is 12.1 Å². The number of hydrogen-bond acceptors (Lipinski definition) is 5. The minimum atomic E-state index is -0.00169. The standard InChI is InChI=1S/C14H23N5O/c1-12-10-18(9-4-13(12)17)11-14(20)19(7-2-5-15)8-3-6-16/h12-13H,2-4,7-11,17H2,1H3. The molecule has 0 radical (unpaired) electrons. The Morgan fingerprint density at radius 2 is 1.95 bits per heavy atom. The fraction of sp³-hybridized carbons (Fsp3) is 0.786. The summed E-state index contributed by atoms with van der Waals surface area (Å²) in [4.78, 5) is 16.0. The van der Waals surface area contributed by atoms with Crippen molar-refractivity contribution >= 4 is 5.91 Å². The Hall–Kier alpha value is -1.63. The number of carbonyl (C=O) groups excluding carboxylic acids is 1. The number of amides is 1. The first kappa shape index (κ1) is 16.4. The molecule has 1 amide bonds. The molecule has 20 heavy (non-hydrogen) atoms. The average molecular weight is 277 g/mol. The van der Waals surface area contributed by atoms with E-state index in [0.717, 1.165) is 19.5 Å². The van der Waals surface area contributed by atoms with Crippen LogP contribution in [0.25, 0.3) is 0 Å². The lowest BCUT2D eigenvalue weighted by atomic mass is 9.95. The maximum atomic E-state index is 12.2. The lowest BCUT2D eigenvalue weighted by molar-refractivity contribution is -0.132. The van der Waals surface area contributed by atoms with Crippen LogP contribution in [0.15, 0.2) is 0 Å². The van der Waals surface area contributed by atoms with Crippen molar-refractivity contribution in [3.63, 3.8) is 0 Å². The van der Waals surface area contributed by atoms with Gasteiger partial charge in [0.1, 0.15) is 0 Å². The van der Waals surface area contributed by atoms with Gasteiger partial charge in [-0.3, -0.25) is 9.69 Å². The first-order chi connectivity index (χ1) is 9.58. The lowest BCUT2D eigenvalue weighted by Crippen LogP contribution is -2.49. The molecule has 2 unspecified atom stereocenters. The zero-order valence-corrected chi connectivity index (χ0v) is 12.1. The summed E-state index contributed by atoms with van der Waals surface area (Å²) in [5, 5.41) is 17.3. The molecular formula is C14H23N5O. The summed E-state index contributed by atoms with van der Waals surface area (Å²) in [5.41, 5.74) is 5.97. The van der Waals surface area contributed by atoms with Gasteiger partial charge in [-0.1, -0.05) is 6.92 Å². The van der Waals surface area contributed by atoms with Gasteiger partial charge in [-0.05, 0) is 12.3 Å². The fourth-order valence-corrected chi connectivity index (χ4v) is 2.42. The van der Waals surface area contributed by atoms with Crippen molar-refractivity contribution in [1.82, 2.24) is 9.80 Å². The van der Waals surface area contributed by atoms with Crippen LogP contribution in [0.1, 0.15) is 26.2 Å². The van der Waals surface area contributed by atoms with Crippen molar-refractivity contribution in [2.45, 2.75) is 32.2 Å². The van der Waals surface area contributed by atoms with Gasteiger partial charge < -0.3 is 10.6 Å². The maximum absolute atomic E-state index is 12.2. The highest BCUT2D eigenvalue weighted by atomic mass is 16.2. The topological polar surface area (TPSA) is 97.1 Å². The van der Waals surface area contributed by atoms with E-state index in [1.54, 1.807) is 4.90 Å². The number of nitrogens with two attached hydrogens (primary N) is 1. The molecule has 0 saturated carbocycles. The molecule has 0 spiro atoms.